The number of benzene rings is 2. The van der Waals surface area contributed by atoms with Crippen molar-refractivity contribution in [3.8, 4) is 11.5 Å². The average Bonchev–Trinajstić information content (AvgIpc) is 3.24. The van der Waals surface area contributed by atoms with Gasteiger partial charge in [-0.15, -0.1) is 0 Å². The van der Waals surface area contributed by atoms with Crippen molar-refractivity contribution in [1.29, 1.82) is 0 Å². The van der Waals surface area contributed by atoms with E-state index in [0.717, 1.165) is 54.8 Å². The summed E-state index contributed by atoms with van der Waals surface area (Å²) in [5.41, 5.74) is 2.73. The molecule has 1 saturated heterocycles. The zero-order valence-electron chi connectivity index (χ0n) is 20.6. The predicted molar refractivity (Wildman–Crippen MR) is 135 cm³/mol. The highest BCUT2D eigenvalue weighted by molar-refractivity contribution is 5.81. The number of fused-ring (bicyclic) bond motifs is 1. The molecule has 1 fully saturated rings. The molecular weight excluding hydrogens is 444 g/mol. The molecule has 0 bridgehead atoms. The highest BCUT2D eigenvalue weighted by Crippen LogP contribution is 2.27. The molecule has 0 aliphatic carbocycles. The largest absolute Gasteiger partial charge is 0.493 e. The van der Waals surface area contributed by atoms with E-state index in [1.54, 1.807) is 20.3 Å². The molecule has 0 atom stereocenters. The Kier molecular flexibility index (Phi) is 8.23. The van der Waals surface area contributed by atoms with Crippen LogP contribution in [0.5, 0.6) is 11.5 Å². The number of piperidine rings is 1. The fraction of sp³-hybridized carbons (Fsp3) is 0.444. The van der Waals surface area contributed by atoms with Gasteiger partial charge in [0.25, 0.3) is 0 Å². The molecule has 1 aliphatic heterocycles. The molecule has 1 aliphatic rings. The van der Waals surface area contributed by atoms with Crippen LogP contribution in [0.3, 0.4) is 0 Å². The van der Waals surface area contributed by atoms with E-state index >= 15 is 0 Å². The molecule has 4 rings (SSSR count). The molecule has 0 radical (unpaired) electrons. The van der Waals surface area contributed by atoms with E-state index in [4.69, 9.17) is 14.5 Å². The molecule has 186 valence electrons. The lowest BCUT2D eigenvalue weighted by Crippen LogP contribution is -2.38. The van der Waals surface area contributed by atoms with Crippen LogP contribution in [0.25, 0.3) is 11.0 Å². The summed E-state index contributed by atoms with van der Waals surface area (Å²) in [5.74, 6) is 2.23. The summed E-state index contributed by atoms with van der Waals surface area (Å²) in [5, 5.41) is 2.99. The summed E-state index contributed by atoms with van der Waals surface area (Å²) in [7, 11) is 3.16. The van der Waals surface area contributed by atoms with Crippen molar-refractivity contribution in [2.24, 2.45) is 0 Å². The van der Waals surface area contributed by atoms with Crippen LogP contribution in [0, 0.1) is 0 Å². The first-order valence-electron chi connectivity index (χ1n) is 12.3. The van der Waals surface area contributed by atoms with Gasteiger partial charge in [0.15, 0.2) is 11.5 Å². The molecule has 0 saturated carbocycles. The number of nitrogens with one attached hydrogen (secondary N) is 1. The third kappa shape index (κ3) is 6.12. The van der Waals surface area contributed by atoms with Crippen LogP contribution >= 0.6 is 0 Å². The maximum atomic E-state index is 12.9. The molecule has 2 heterocycles. The van der Waals surface area contributed by atoms with Crippen molar-refractivity contribution in [1.82, 2.24) is 19.8 Å². The van der Waals surface area contributed by atoms with E-state index in [-0.39, 0.29) is 18.2 Å². The zero-order valence-corrected chi connectivity index (χ0v) is 20.6. The Morgan fingerprint density at radius 3 is 2.54 bits per heavy atom. The molecule has 1 N–H and O–H groups in total. The molecule has 0 unspecified atom stereocenters. The van der Waals surface area contributed by atoms with E-state index in [1.807, 2.05) is 45.9 Å². The Bertz CT molecular complexity index is 1170. The number of amides is 2. The van der Waals surface area contributed by atoms with E-state index < -0.39 is 0 Å². The molecular formula is C27H34N4O4. The van der Waals surface area contributed by atoms with Crippen LogP contribution in [0.2, 0.25) is 0 Å². The number of ether oxygens (including phenoxy) is 2. The molecule has 3 aromatic rings. The standard InChI is InChI=1S/C27H34N4O4/c1-34-23-13-12-20(17-24(23)35-2)18-26(32)28-14-8-11-25-29-21-9-4-5-10-22(21)31(25)19-27(33)30-15-6-3-7-16-30/h4-5,9-10,12-13,17H,3,6-8,11,14-16,18-19H2,1-2H3,(H,28,32). The maximum Gasteiger partial charge on any atom is 0.242 e. The fourth-order valence-electron chi connectivity index (χ4n) is 4.58. The number of carbonyl (C=O) groups is 2. The summed E-state index contributed by atoms with van der Waals surface area (Å²) in [4.78, 5) is 32.1. The third-order valence-corrected chi connectivity index (χ3v) is 6.45. The van der Waals surface area contributed by atoms with Crippen LogP contribution in [0.15, 0.2) is 42.5 Å². The van der Waals surface area contributed by atoms with Gasteiger partial charge in [0.1, 0.15) is 12.4 Å². The van der Waals surface area contributed by atoms with Crippen molar-refractivity contribution >= 4 is 22.8 Å². The van der Waals surface area contributed by atoms with E-state index in [2.05, 4.69) is 5.32 Å². The number of imidazole rings is 1. The molecule has 0 spiro atoms. The van der Waals surface area contributed by atoms with Gasteiger partial charge in [0, 0.05) is 26.1 Å². The average molecular weight is 479 g/mol. The number of likely N-dealkylation sites (tertiary alicyclic amines) is 1. The van der Waals surface area contributed by atoms with E-state index in [0.29, 0.717) is 31.0 Å². The van der Waals surface area contributed by atoms with Crippen LogP contribution in [-0.4, -0.2) is 60.1 Å². The normalized spacial score (nSPS) is 13.6. The number of carbonyl (C=O) groups excluding carboxylic acids is 2. The van der Waals surface area contributed by atoms with Gasteiger partial charge in [0.05, 0.1) is 31.7 Å². The first-order chi connectivity index (χ1) is 17.1. The monoisotopic (exact) mass is 478 g/mol. The molecule has 1 aromatic heterocycles. The number of nitrogens with zero attached hydrogens (tertiary/aromatic N) is 3. The van der Waals surface area contributed by atoms with Gasteiger partial charge in [0.2, 0.25) is 11.8 Å². The Labute approximate surface area is 206 Å². The van der Waals surface area contributed by atoms with Gasteiger partial charge in [-0.2, -0.15) is 0 Å². The second-order valence-electron chi connectivity index (χ2n) is 8.86. The van der Waals surface area contributed by atoms with Gasteiger partial charge in [-0.05, 0) is 55.5 Å². The molecule has 8 heteroatoms. The van der Waals surface area contributed by atoms with Gasteiger partial charge in [-0.25, -0.2) is 4.98 Å². The summed E-state index contributed by atoms with van der Waals surface area (Å²) >= 11 is 0. The van der Waals surface area contributed by atoms with Crippen molar-refractivity contribution in [2.75, 3.05) is 33.9 Å². The lowest BCUT2D eigenvalue weighted by atomic mass is 10.1. The van der Waals surface area contributed by atoms with E-state index in [1.165, 1.54) is 6.42 Å². The molecule has 2 aromatic carbocycles. The fourth-order valence-corrected chi connectivity index (χ4v) is 4.58. The summed E-state index contributed by atoms with van der Waals surface area (Å²) < 4.78 is 12.6. The zero-order chi connectivity index (χ0) is 24.6. The number of aromatic nitrogens is 2. The van der Waals surface area contributed by atoms with Gasteiger partial charge in [-0.3, -0.25) is 9.59 Å². The minimum Gasteiger partial charge on any atom is -0.493 e. The van der Waals surface area contributed by atoms with Crippen molar-refractivity contribution < 1.29 is 19.1 Å². The van der Waals surface area contributed by atoms with Crippen LogP contribution < -0.4 is 14.8 Å². The lowest BCUT2D eigenvalue weighted by Gasteiger charge is -2.27. The Morgan fingerprint density at radius 2 is 1.77 bits per heavy atom. The number of methoxy groups -OCH3 is 2. The van der Waals surface area contributed by atoms with Crippen LogP contribution in [0.4, 0.5) is 0 Å². The number of hydrogen-bond donors (Lipinski definition) is 1. The van der Waals surface area contributed by atoms with Crippen LogP contribution in [0.1, 0.15) is 37.1 Å². The smallest absolute Gasteiger partial charge is 0.242 e. The summed E-state index contributed by atoms with van der Waals surface area (Å²) in [6.45, 7) is 2.52. The number of aryl methyl sites for hydroxylation is 1. The Morgan fingerprint density at radius 1 is 1.00 bits per heavy atom. The van der Waals surface area contributed by atoms with Crippen molar-refractivity contribution in [3.63, 3.8) is 0 Å². The molecule has 8 nitrogen and oxygen atoms in total. The number of rotatable bonds is 10. The first-order valence-corrected chi connectivity index (χ1v) is 12.3. The second kappa shape index (κ2) is 11.7. The topological polar surface area (TPSA) is 85.7 Å². The maximum absolute atomic E-state index is 12.9. The summed E-state index contributed by atoms with van der Waals surface area (Å²) in [6, 6.07) is 13.4. The third-order valence-electron chi connectivity index (χ3n) is 6.45. The van der Waals surface area contributed by atoms with E-state index in [9.17, 15) is 9.59 Å². The van der Waals surface area contributed by atoms with Gasteiger partial charge in [-0.1, -0.05) is 18.2 Å². The van der Waals surface area contributed by atoms with Crippen molar-refractivity contribution in [3.05, 3.63) is 53.9 Å². The second-order valence-corrected chi connectivity index (χ2v) is 8.86. The number of hydrogen-bond acceptors (Lipinski definition) is 5. The summed E-state index contributed by atoms with van der Waals surface area (Å²) in [6.07, 6.45) is 5.03. The quantitative estimate of drug-likeness (QED) is 0.452. The molecule has 35 heavy (non-hydrogen) atoms. The lowest BCUT2D eigenvalue weighted by molar-refractivity contribution is -0.132. The van der Waals surface area contributed by atoms with Gasteiger partial charge >= 0.3 is 0 Å². The minimum atomic E-state index is -0.0500. The SMILES string of the molecule is COc1ccc(CC(=O)NCCCc2nc3ccccc3n2CC(=O)N2CCCCC2)cc1OC. The Balaban J connectivity index is 1.34. The highest BCUT2D eigenvalue weighted by Gasteiger charge is 2.20. The number of para-hydroxylation sites is 2. The van der Waals surface area contributed by atoms with Crippen molar-refractivity contribution in [2.45, 2.75) is 45.1 Å². The van der Waals surface area contributed by atoms with Gasteiger partial charge < -0.3 is 24.3 Å². The minimum absolute atomic E-state index is 0.0500. The predicted octanol–water partition coefficient (Wildman–Crippen LogP) is 3.36. The highest BCUT2D eigenvalue weighted by atomic mass is 16.5. The molecule has 2 amide bonds. The first kappa shape index (κ1) is 24.6. The van der Waals surface area contributed by atoms with Crippen LogP contribution in [-0.2, 0) is 29.0 Å². The Hall–Kier alpha value is -3.55.